The Morgan fingerprint density at radius 2 is 2.15 bits per heavy atom. The molecule has 3 aromatic rings. The SMILES string of the molecule is CCC1c2ccsc2CCN1C(=O)CSc1nc2sccc2c(=O)n1C. The Morgan fingerprint density at radius 3 is 2.96 bits per heavy atom. The molecular weight excluding hydrogens is 386 g/mol. The lowest BCUT2D eigenvalue weighted by Gasteiger charge is -2.35. The van der Waals surface area contributed by atoms with Crippen LogP contribution in [0, 0.1) is 0 Å². The van der Waals surface area contributed by atoms with Gasteiger partial charge in [0.1, 0.15) is 4.83 Å². The van der Waals surface area contributed by atoms with E-state index in [1.165, 1.54) is 38.1 Å². The molecule has 4 heterocycles. The summed E-state index contributed by atoms with van der Waals surface area (Å²) in [4.78, 5) is 33.9. The zero-order valence-electron chi connectivity index (χ0n) is 14.6. The van der Waals surface area contributed by atoms with Gasteiger partial charge < -0.3 is 4.90 Å². The Hall–Kier alpha value is -1.64. The first-order valence-electron chi connectivity index (χ1n) is 8.53. The van der Waals surface area contributed by atoms with Gasteiger partial charge in [-0.25, -0.2) is 4.98 Å². The Balaban J connectivity index is 1.53. The zero-order chi connectivity index (χ0) is 18.3. The molecule has 1 aliphatic heterocycles. The number of carbonyl (C=O) groups excluding carboxylic acids is 1. The van der Waals surface area contributed by atoms with Crippen LogP contribution in [0.5, 0.6) is 0 Å². The van der Waals surface area contributed by atoms with E-state index >= 15 is 0 Å². The van der Waals surface area contributed by atoms with E-state index in [1.807, 2.05) is 10.3 Å². The van der Waals surface area contributed by atoms with Gasteiger partial charge in [-0.1, -0.05) is 18.7 Å². The van der Waals surface area contributed by atoms with E-state index in [0.717, 1.165) is 24.2 Å². The third kappa shape index (κ3) is 3.00. The molecule has 26 heavy (non-hydrogen) atoms. The maximum atomic E-state index is 12.9. The first-order valence-corrected chi connectivity index (χ1v) is 11.3. The Labute approximate surface area is 163 Å². The van der Waals surface area contributed by atoms with Crippen molar-refractivity contribution in [3.8, 4) is 0 Å². The van der Waals surface area contributed by atoms with E-state index in [0.29, 0.717) is 16.3 Å². The fourth-order valence-corrected chi connectivity index (χ4v) is 6.04. The van der Waals surface area contributed by atoms with Gasteiger partial charge in [0.15, 0.2) is 5.16 Å². The first-order chi connectivity index (χ1) is 12.6. The summed E-state index contributed by atoms with van der Waals surface area (Å²) >= 11 is 4.58. The minimum Gasteiger partial charge on any atom is -0.335 e. The third-order valence-corrected chi connectivity index (χ3v) is 7.61. The molecule has 5 nitrogen and oxygen atoms in total. The van der Waals surface area contributed by atoms with Gasteiger partial charge in [-0.15, -0.1) is 22.7 Å². The average molecular weight is 406 g/mol. The lowest BCUT2D eigenvalue weighted by atomic mass is 9.98. The summed E-state index contributed by atoms with van der Waals surface area (Å²) in [5.74, 6) is 0.409. The molecular formula is C18H19N3O2S3. The quantitative estimate of drug-likeness (QED) is 0.491. The molecule has 0 saturated carbocycles. The van der Waals surface area contributed by atoms with Crippen LogP contribution in [0.15, 0.2) is 32.8 Å². The summed E-state index contributed by atoms with van der Waals surface area (Å²) in [7, 11) is 1.71. The second kappa shape index (κ2) is 7.17. The summed E-state index contributed by atoms with van der Waals surface area (Å²) in [6, 6.07) is 4.11. The Bertz CT molecular complexity index is 1020. The number of thioether (sulfide) groups is 1. The van der Waals surface area contributed by atoms with Crippen molar-refractivity contribution in [2.75, 3.05) is 12.3 Å². The summed E-state index contributed by atoms with van der Waals surface area (Å²) < 4.78 is 1.54. The second-order valence-corrected chi connectivity index (χ2v) is 9.08. The minimum atomic E-state index is -0.0569. The van der Waals surface area contributed by atoms with Crippen molar-refractivity contribution in [2.24, 2.45) is 7.05 Å². The van der Waals surface area contributed by atoms with Crippen LogP contribution in [0.4, 0.5) is 0 Å². The number of amides is 1. The van der Waals surface area contributed by atoms with E-state index in [1.54, 1.807) is 24.5 Å². The number of rotatable bonds is 4. The molecule has 4 rings (SSSR count). The fraction of sp³-hybridized carbons (Fsp3) is 0.389. The van der Waals surface area contributed by atoms with Crippen molar-refractivity contribution in [1.29, 1.82) is 0 Å². The van der Waals surface area contributed by atoms with Crippen molar-refractivity contribution >= 4 is 50.6 Å². The molecule has 0 spiro atoms. The maximum absolute atomic E-state index is 12.9. The molecule has 0 radical (unpaired) electrons. The summed E-state index contributed by atoms with van der Waals surface area (Å²) in [5.41, 5.74) is 1.24. The highest BCUT2D eigenvalue weighted by atomic mass is 32.2. The van der Waals surface area contributed by atoms with Crippen LogP contribution in [0.25, 0.3) is 10.2 Å². The lowest BCUT2D eigenvalue weighted by Crippen LogP contribution is -2.40. The molecule has 0 N–H and O–H groups in total. The number of nitrogens with zero attached hydrogens (tertiary/aromatic N) is 3. The molecule has 0 aromatic carbocycles. The number of fused-ring (bicyclic) bond motifs is 2. The van der Waals surface area contributed by atoms with Gasteiger partial charge in [-0.2, -0.15) is 0 Å². The lowest BCUT2D eigenvalue weighted by molar-refractivity contribution is -0.131. The van der Waals surface area contributed by atoms with Crippen LogP contribution in [0.2, 0.25) is 0 Å². The highest BCUT2D eigenvalue weighted by Crippen LogP contribution is 2.35. The van der Waals surface area contributed by atoms with Crippen molar-refractivity contribution in [2.45, 2.75) is 31.0 Å². The molecule has 0 aliphatic carbocycles. The predicted molar refractivity (Wildman–Crippen MR) is 108 cm³/mol. The van der Waals surface area contributed by atoms with E-state index in [-0.39, 0.29) is 17.5 Å². The van der Waals surface area contributed by atoms with Gasteiger partial charge in [0.2, 0.25) is 5.91 Å². The molecule has 0 saturated heterocycles. The van der Waals surface area contributed by atoms with E-state index in [4.69, 9.17) is 0 Å². The third-order valence-electron chi connectivity index (χ3n) is 4.79. The molecule has 1 amide bonds. The topological polar surface area (TPSA) is 55.2 Å². The van der Waals surface area contributed by atoms with Gasteiger partial charge in [0.05, 0.1) is 17.2 Å². The number of carbonyl (C=O) groups is 1. The largest absolute Gasteiger partial charge is 0.335 e. The van der Waals surface area contributed by atoms with Crippen LogP contribution in [-0.2, 0) is 18.3 Å². The van der Waals surface area contributed by atoms with Crippen LogP contribution >= 0.6 is 34.4 Å². The van der Waals surface area contributed by atoms with Crippen LogP contribution in [-0.4, -0.2) is 32.7 Å². The smallest absolute Gasteiger partial charge is 0.262 e. The van der Waals surface area contributed by atoms with Crippen molar-refractivity contribution < 1.29 is 4.79 Å². The number of aromatic nitrogens is 2. The summed E-state index contributed by atoms with van der Waals surface area (Å²) in [6.07, 6.45) is 1.84. The molecule has 1 unspecified atom stereocenters. The molecule has 1 atom stereocenters. The van der Waals surface area contributed by atoms with E-state index in [9.17, 15) is 9.59 Å². The van der Waals surface area contributed by atoms with Gasteiger partial charge >= 0.3 is 0 Å². The van der Waals surface area contributed by atoms with Crippen LogP contribution in [0.1, 0.15) is 29.8 Å². The highest BCUT2D eigenvalue weighted by Gasteiger charge is 2.30. The molecule has 0 bridgehead atoms. The van der Waals surface area contributed by atoms with Crippen LogP contribution in [0.3, 0.4) is 0 Å². The Morgan fingerprint density at radius 1 is 1.35 bits per heavy atom. The molecule has 8 heteroatoms. The second-order valence-electron chi connectivity index (χ2n) is 6.25. The maximum Gasteiger partial charge on any atom is 0.262 e. The van der Waals surface area contributed by atoms with E-state index in [2.05, 4.69) is 23.4 Å². The molecule has 0 fully saturated rings. The Kier molecular flexibility index (Phi) is 4.90. The van der Waals surface area contributed by atoms with Crippen LogP contribution < -0.4 is 5.56 Å². The predicted octanol–water partition coefficient (Wildman–Crippen LogP) is 3.68. The van der Waals surface area contributed by atoms with Gasteiger partial charge in [0.25, 0.3) is 5.56 Å². The van der Waals surface area contributed by atoms with Gasteiger partial charge in [0, 0.05) is 18.5 Å². The standard InChI is InChI=1S/C18H19N3O2S3/c1-3-13-11-5-8-24-14(11)4-7-21(13)15(22)10-26-18-19-16-12(6-9-25-16)17(23)20(18)2/h5-6,8-9,13H,3-4,7,10H2,1-2H3. The van der Waals surface area contributed by atoms with Crippen molar-refractivity contribution in [1.82, 2.24) is 14.5 Å². The average Bonchev–Trinajstić information content (AvgIpc) is 3.31. The molecule has 1 aliphatic rings. The van der Waals surface area contributed by atoms with Crippen molar-refractivity contribution in [3.05, 3.63) is 43.7 Å². The molecule has 3 aromatic heterocycles. The normalized spacial score (nSPS) is 16.8. The van der Waals surface area contributed by atoms with Gasteiger partial charge in [-0.05, 0) is 41.3 Å². The number of thiophene rings is 2. The number of hydrogen-bond acceptors (Lipinski definition) is 6. The van der Waals surface area contributed by atoms with Gasteiger partial charge in [-0.3, -0.25) is 14.2 Å². The minimum absolute atomic E-state index is 0.0569. The zero-order valence-corrected chi connectivity index (χ0v) is 17.0. The van der Waals surface area contributed by atoms with E-state index < -0.39 is 0 Å². The molecule has 136 valence electrons. The summed E-state index contributed by atoms with van der Waals surface area (Å²) in [6.45, 7) is 2.89. The monoisotopic (exact) mass is 405 g/mol. The first kappa shape index (κ1) is 17.8. The van der Waals surface area contributed by atoms with Crippen molar-refractivity contribution in [3.63, 3.8) is 0 Å². The highest BCUT2D eigenvalue weighted by molar-refractivity contribution is 7.99. The summed E-state index contributed by atoms with van der Waals surface area (Å²) in [5, 5.41) is 5.22. The number of hydrogen-bond donors (Lipinski definition) is 0. The fourth-order valence-electron chi connectivity index (χ4n) is 3.45.